The van der Waals surface area contributed by atoms with Gasteiger partial charge in [0, 0.05) is 10.9 Å². The molecule has 0 radical (unpaired) electrons. The number of fused-ring (bicyclic) bond motifs is 1. The van der Waals surface area contributed by atoms with Gasteiger partial charge in [-0.25, -0.2) is 4.98 Å². The highest BCUT2D eigenvalue weighted by molar-refractivity contribution is 6.31. The first-order valence-electron chi connectivity index (χ1n) is 5.91. The highest BCUT2D eigenvalue weighted by Gasteiger charge is 2.48. The lowest BCUT2D eigenvalue weighted by atomic mass is 10.3. The first-order chi connectivity index (χ1) is 8.69. The topological polar surface area (TPSA) is 52.3 Å². The molecule has 18 heavy (non-hydrogen) atoms. The lowest BCUT2D eigenvalue weighted by molar-refractivity contribution is -0.144. The number of rotatable bonds is 3. The van der Waals surface area contributed by atoms with Crippen molar-refractivity contribution in [2.75, 3.05) is 6.61 Å². The monoisotopic (exact) mass is 265 g/mol. The van der Waals surface area contributed by atoms with Crippen molar-refractivity contribution in [3.05, 3.63) is 29.1 Å². The Morgan fingerprint density at radius 3 is 3.22 bits per heavy atom. The predicted octanol–water partition coefficient (Wildman–Crippen LogP) is 3.15. The molecule has 0 unspecified atom stereocenters. The first kappa shape index (κ1) is 11.5. The van der Waals surface area contributed by atoms with E-state index in [9.17, 15) is 4.79 Å². The minimum Gasteiger partial charge on any atom is -0.466 e. The van der Waals surface area contributed by atoms with Gasteiger partial charge in [0.1, 0.15) is 5.52 Å². The maximum atomic E-state index is 11.5. The Balaban J connectivity index is 1.82. The molecule has 2 aromatic rings. The van der Waals surface area contributed by atoms with Gasteiger partial charge in [-0.2, -0.15) is 0 Å². The molecule has 0 bridgehead atoms. The summed E-state index contributed by atoms with van der Waals surface area (Å²) in [6, 6.07) is 5.30. The van der Waals surface area contributed by atoms with E-state index in [1.807, 2.05) is 0 Å². The van der Waals surface area contributed by atoms with E-state index in [0.717, 1.165) is 11.9 Å². The number of oxazole rings is 1. The average Bonchev–Trinajstić information content (AvgIpc) is 3.03. The molecular weight excluding hydrogens is 254 g/mol. The van der Waals surface area contributed by atoms with Crippen LogP contribution in [0.1, 0.15) is 25.2 Å². The molecule has 1 heterocycles. The van der Waals surface area contributed by atoms with Crippen molar-refractivity contribution < 1.29 is 13.9 Å². The van der Waals surface area contributed by atoms with E-state index in [4.69, 9.17) is 20.8 Å². The summed E-state index contributed by atoms with van der Waals surface area (Å²) < 4.78 is 10.6. The largest absolute Gasteiger partial charge is 0.466 e. The van der Waals surface area contributed by atoms with Crippen LogP contribution in [0.4, 0.5) is 0 Å². The summed E-state index contributed by atoms with van der Waals surface area (Å²) in [4.78, 5) is 15.9. The summed E-state index contributed by atoms with van der Waals surface area (Å²) in [7, 11) is 0. The molecule has 1 aliphatic rings. The van der Waals surface area contributed by atoms with Crippen LogP contribution in [-0.2, 0) is 9.53 Å². The van der Waals surface area contributed by atoms with Gasteiger partial charge in [0.2, 0.25) is 0 Å². The van der Waals surface area contributed by atoms with Crippen molar-refractivity contribution >= 4 is 28.7 Å². The highest BCUT2D eigenvalue weighted by atomic mass is 35.5. The number of aromatic nitrogens is 1. The molecule has 5 heteroatoms. The van der Waals surface area contributed by atoms with Gasteiger partial charge in [0.15, 0.2) is 11.5 Å². The van der Waals surface area contributed by atoms with E-state index in [1.165, 1.54) is 0 Å². The standard InChI is InChI=1S/C13H12ClNO3/c1-2-17-13(16)9-6-8(9)12-15-10-5-7(14)3-4-11(10)18-12/h3-5,8-9H,2,6H2,1H3/t8-,9-/m1/s1. The number of hydrogen-bond donors (Lipinski definition) is 0. The number of benzene rings is 1. The molecule has 94 valence electrons. The Morgan fingerprint density at radius 1 is 1.61 bits per heavy atom. The smallest absolute Gasteiger partial charge is 0.309 e. The maximum Gasteiger partial charge on any atom is 0.309 e. The SMILES string of the molecule is CCOC(=O)[C@@H]1C[C@H]1c1nc2cc(Cl)ccc2o1. The van der Waals surface area contributed by atoms with Crippen LogP contribution in [0.25, 0.3) is 11.1 Å². The number of carbonyl (C=O) groups is 1. The second-order valence-electron chi connectivity index (χ2n) is 4.36. The summed E-state index contributed by atoms with van der Waals surface area (Å²) in [5, 5.41) is 0.625. The quantitative estimate of drug-likeness (QED) is 0.800. The van der Waals surface area contributed by atoms with Gasteiger partial charge in [0.25, 0.3) is 0 Å². The van der Waals surface area contributed by atoms with E-state index < -0.39 is 0 Å². The Labute approximate surface area is 109 Å². The molecule has 0 amide bonds. The van der Waals surface area contributed by atoms with Crippen molar-refractivity contribution in [2.24, 2.45) is 5.92 Å². The fourth-order valence-corrected chi connectivity index (χ4v) is 2.22. The lowest BCUT2D eigenvalue weighted by Gasteiger charge is -1.98. The van der Waals surface area contributed by atoms with Crippen molar-refractivity contribution in [2.45, 2.75) is 19.3 Å². The van der Waals surface area contributed by atoms with Crippen LogP contribution >= 0.6 is 11.6 Å². The van der Waals surface area contributed by atoms with E-state index in [0.29, 0.717) is 23.1 Å². The Kier molecular flexibility index (Phi) is 2.74. The molecule has 0 saturated heterocycles. The minimum atomic E-state index is -0.164. The van der Waals surface area contributed by atoms with Crippen LogP contribution in [0.15, 0.2) is 22.6 Å². The van der Waals surface area contributed by atoms with E-state index in [2.05, 4.69) is 4.98 Å². The molecule has 3 rings (SSSR count). The highest BCUT2D eigenvalue weighted by Crippen LogP contribution is 2.48. The summed E-state index contributed by atoms with van der Waals surface area (Å²) in [5.41, 5.74) is 1.43. The third-order valence-corrected chi connectivity index (χ3v) is 3.30. The third-order valence-electron chi connectivity index (χ3n) is 3.06. The predicted molar refractivity (Wildman–Crippen MR) is 66.5 cm³/mol. The molecule has 1 fully saturated rings. The fourth-order valence-electron chi connectivity index (χ4n) is 2.05. The van der Waals surface area contributed by atoms with Gasteiger partial charge in [-0.3, -0.25) is 4.79 Å². The molecule has 1 saturated carbocycles. The molecule has 0 N–H and O–H groups in total. The van der Waals surface area contributed by atoms with Crippen LogP contribution in [0.5, 0.6) is 0 Å². The summed E-state index contributed by atoms with van der Waals surface area (Å²) in [5.74, 6) is 0.386. The van der Waals surface area contributed by atoms with Crippen molar-refractivity contribution in [1.82, 2.24) is 4.98 Å². The summed E-state index contributed by atoms with van der Waals surface area (Å²) in [6.45, 7) is 2.21. The third kappa shape index (κ3) is 1.97. The summed E-state index contributed by atoms with van der Waals surface area (Å²) in [6.07, 6.45) is 0.749. The number of ether oxygens (including phenoxy) is 1. The van der Waals surface area contributed by atoms with Crippen LogP contribution in [0.3, 0.4) is 0 Å². The van der Waals surface area contributed by atoms with Crippen LogP contribution in [-0.4, -0.2) is 17.6 Å². The van der Waals surface area contributed by atoms with Crippen molar-refractivity contribution in [3.8, 4) is 0 Å². The fraction of sp³-hybridized carbons (Fsp3) is 0.385. The van der Waals surface area contributed by atoms with Gasteiger partial charge in [-0.1, -0.05) is 11.6 Å². The number of nitrogens with zero attached hydrogens (tertiary/aromatic N) is 1. The van der Waals surface area contributed by atoms with Gasteiger partial charge in [-0.05, 0) is 31.5 Å². The van der Waals surface area contributed by atoms with Gasteiger partial charge in [-0.15, -0.1) is 0 Å². The molecule has 4 nitrogen and oxygen atoms in total. The number of carbonyl (C=O) groups excluding carboxylic acids is 1. The van der Waals surface area contributed by atoms with E-state index in [1.54, 1.807) is 25.1 Å². The van der Waals surface area contributed by atoms with E-state index in [-0.39, 0.29) is 17.8 Å². The van der Waals surface area contributed by atoms with Crippen LogP contribution < -0.4 is 0 Å². The molecular formula is C13H12ClNO3. The van der Waals surface area contributed by atoms with Crippen LogP contribution in [0, 0.1) is 5.92 Å². The first-order valence-corrected chi connectivity index (χ1v) is 6.29. The normalized spacial score (nSPS) is 22.1. The van der Waals surface area contributed by atoms with Gasteiger partial charge >= 0.3 is 5.97 Å². The molecule has 2 atom stereocenters. The number of halogens is 1. The van der Waals surface area contributed by atoms with Crippen molar-refractivity contribution in [3.63, 3.8) is 0 Å². The van der Waals surface area contributed by atoms with Gasteiger partial charge < -0.3 is 9.15 Å². The Hall–Kier alpha value is -1.55. The zero-order valence-corrected chi connectivity index (χ0v) is 10.6. The molecule has 1 aromatic carbocycles. The zero-order valence-electron chi connectivity index (χ0n) is 9.85. The Bertz CT molecular complexity index is 607. The average molecular weight is 266 g/mol. The second-order valence-corrected chi connectivity index (χ2v) is 4.80. The summed E-state index contributed by atoms with van der Waals surface area (Å²) >= 11 is 5.89. The van der Waals surface area contributed by atoms with E-state index >= 15 is 0 Å². The molecule has 1 aromatic heterocycles. The number of esters is 1. The van der Waals surface area contributed by atoms with Gasteiger partial charge in [0.05, 0.1) is 12.5 Å². The zero-order chi connectivity index (χ0) is 12.7. The number of hydrogen-bond acceptors (Lipinski definition) is 4. The second kappa shape index (κ2) is 4.28. The Morgan fingerprint density at radius 2 is 2.44 bits per heavy atom. The minimum absolute atomic E-state index is 0.0511. The molecule has 1 aliphatic carbocycles. The molecule has 0 spiro atoms. The lowest BCUT2D eigenvalue weighted by Crippen LogP contribution is -2.07. The maximum absolute atomic E-state index is 11.5. The molecule has 0 aliphatic heterocycles. The van der Waals surface area contributed by atoms with Crippen molar-refractivity contribution in [1.29, 1.82) is 0 Å². The van der Waals surface area contributed by atoms with Crippen LogP contribution in [0.2, 0.25) is 5.02 Å².